The average molecular weight is 218 g/mol. The molecule has 0 unspecified atom stereocenters. The molecule has 0 aliphatic heterocycles. The van der Waals surface area contributed by atoms with Gasteiger partial charge in [-0.3, -0.25) is 4.79 Å². The maximum absolute atomic E-state index is 11.6. The van der Waals surface area contributed by atoms with E-state index < -0.39 is 0 Å². The lowest BCUT2D eigenvalue weighted by molar-refractivity contribution is -0.117. The molecule has 0 amide bonds. The first kappa shape index (κ1) is 11.6. The third-order valence-electron chi connectivity index (χ3n) is 4.79. The van der Waals surface area contributed by atoms with Crippen molar-refractivity contribution in [3.8, 4) is 0 Å². The van der Waals surface area contributed by atoms with Crippen molar-refractivity contribution >= 4 is 5.78 Å². The Hall–Kier alpha value is -0.850. The predicted octanol–water partition coefficient (Wildman–Crippen LogP) is 3.90. The third-order valence-corrected chi connectivity index (χ3v) is 4.79. The molecule has 16 heavy (non-hydrogen) atoms. The number of carbonyl (C=O) groups excluding carboxylic acids is 1. The summed E-state index contributed by atoms with van der Waals surface area (Å²) in [6.07, 6.45) is 6.10. The van der Waals surface area contributed by atoms with Crippen LogP contribution in [0, 0.1) is 17.3 Å². The van der Waals surface area contributed by atoms with Gasteiger partial charge in [0.15, 0.2) is 5.78 Å². The van der Waals surface area contributed by atoms with Gasteiger partial charge < -0.3 is 0 Å². The van der Waals surface area contributed by atoms with Crippen LogP contribution >= 0.6 is 0 Å². The van der Waals surface area contributed by atoms with Crippen LogP contribution in [0.2, 0.25) is 0 Å². The van der Waals surface area contributed by atoms with Crippen LogP contribution in [-0.2, 0) is 4.79 Å². The summed E-state index contributed by atoms with van der Waals surface area (Å²) in [6.45, 7) is 10.8. The number of hydrogen-bond donors (Lipinski definition) is 0. The van der Waals surface area contributed by atoms with Gasteiger partial charge in [0.1, 0.15) is 0 Å². The van der Waals surface area contributed by atoms with Crippen LogP contribution in [0.3, 0.4) is 0 Å². The van der Waals surface area contributed by atoms with Gasteiger partial charge in [-0.1, -0.05) is 31.6 Å². The van der Waals surface area contributed by atoms with E-state index in [4.69, 9.17) is 0 Å². The van der Waals surface area contributed by atoms with E-state index in [1.807, 2.05) is 6.08 Å². The number of carbonyl (C=O) groups is 1. The molecule has 2 aliphatic rings. The Balaban J connectivity index is 2.30. The summed E-state index contributed by atoms with van der Waals surface area (Å²) in [7, 11) is 0. The van der Waals surface area contributed by atoms with Crippen molar-refractivity contribution in [2.45, 2.75) is 46.5 Å². The maximum atomic E-state index is 11.6. The maximum Gasteiger partial charge on any atom is 0.155 e. The van der Waals surface area contributed by atoms with E-state index >= 15 is 0 Å². The number of hydrogen-bond acceptors (Lipinski definition) is 1. The van der Waals surface area contributed by atoms with Crippen molar-refractivity contribution in [3.63, 3.8) is 0 Å². The van der Waals surface area contributed by atoms with Gasteiger partial charge >= 0.3 is 0 Å². The van der Waals surface area contributed by atoms with Gasteiger partial charge in [-0.15, -0.1) is 0 Å². The highest BCUT2D eigenvalue weighted by molar-refractivity contribution is 5.92. The highest BCUT2D eigenvalue weighted by Gasteiger charge is 2.43. The summed E-state index contributed by atoms with van der Waals surface area (Å²) in [5, 5.41) is 0. The number of ketones is 1. The molecular weight excluding hydrogens is 196 g/mol. The molecule has 88 valence electrons. The Morgan fingerprint density at radius 2 is 2.25 bits per heavy atom. The predicted molar refractivity (Wildman–Crippen MR) is 67.1 cm³/mol. The third kappa shape index (κ3) is 1.77. The number of rotatable bonds is 1. The Morgan fingerprint density at radius 3 is 2.88 bits per heavy atom. The molecule has 1 fully saturated rings. The SMILES string of the molecule is C=C(C)[C@@H]1CCC2=CC(=O)C[C@H](C)[C@@]2(C)C1. The van der Waals surface area contributed by atoms with Crippen LogP contribution in [-0.4, -0.2) is 5.78 Å². The molecule has 0 bridgehead atoms. The average Bonchev–Trinajstić information content (AvgIpc) is 2.19. The molecule has 1 nitrogen and oxygen atoms in total. The molecule has 0 aromatic heterocycles. The highest BCUT2D eigenvalue weighted by atomic mass is 16.1. The van der Waals surface area contributed by atoms with E-state index in [0.29, 0.717) is 17.6 Å². The molecule has 1 heteroatoms. The second kappa shape index (κ2) is 3.87. The van der Waals surface area contributed by atoms with Gasteiger partial charge in [-0.25, -0.2) is 0 Å². The van der Waals surface area contributed by atoms with Crippen molar-refractivity contribution in [3.05, 3.63) is 23.8 Å². The monoisotopic (exact) mass is 218 g/mol. The van der Waals surface area contributed by atoms with Gasteiger partial charge in [0.25, 0.3) is 0 Å². The van der Waals surface area contributed by atoms with Crippen LogP contribution in [0.15, 0.2) is 23.8 Å². The molecular formula is C15H22O. The van der Waals surface area contributed by atoms with Crippen molar-refractivity contribution in [2.75, 3.05) is 0 Å². The summed E-state index contributed by atoms with van der Waals surface area (Å²) in [5.74, 6) is 1.47. The Labute approximate surface area is 98.6 Å². The summed E-state index contributed by atoms with van der Waals surface area (Å²) in [5.41, 5.74) is 2.95. The second-order valence-corrected chi connectivity index (χ2v) is 5.94. The lowest BCUT2D eigenvalue weighted by atomic mass is 9.57. The quantitative estimate of drug-likeness (QED) is 0.610. The first-order chi connectivity index (χ1) is 7.43. The zero-order valence-corrected chi connectivity index (χ0v) is 10.7. The summed E-state index contributed by atoms with van der Waals surface area (Å²) >= 11 is 0. The van der Waals surface area contributed by atoms with Crippen molar-refractivity contribution in [1.29, 1.82) is 0 Å². The van der Waals surface area contributed by atoms with Crippen molar-refractivity contribution in [1.82, 2.24) is 0 Å². The van der Waals surface area contributed by atoms with E-state index in [1.54, 1.807) is 0 Å². The van der Waals surface area contributed by atoms with Gasteiger partial charge in [-0.05, 0) is 49.5 Å². The van der Waals surface area contributed by atoms with Crippen molar-refractivity contribution in [2.24, 2.45) is 17.3 Å². The number of fused-ring (bicyclic) bond motifs is 1. The van der Waals surface area contributed by atoms with E-state index in [1.165, 1.54) is 24.0 Å². The Kier molecular flexibility index (Phi) is 2.81. The minimum atomic E-state index is 0.246. The summed E-state index contributed by atoms with van der Waals surface area (Å²) < 4.78 is 0. The van der Waals surface area contributed by atoms with E-state index in [2.05, 4.69) is 27.4 Å². The Bertz CT molecular complexity index is 364. The molecule has 0 saturated heterocycles. The zero-order chi connectivity index (χ0) is 11.9. The van der Waals surface area contributed by atoms with Crippen molar-refractivity contribution < 1.29 is 4.79 Å². The molecule has 0 spiro atoms. The minimum absolute atomic E-state index is 0.246. The van der Waals surface area contributed by atoms with Gasteiger partial charge in [0.2, 0.25) is 0 Å². The molecule has 2 rings (SSSR count). The molecule has 1 saturated carbocycles. The van der Waals surface area contributed by atoms with E-state index in [0.717, 1.165) is 12.8 Å². The summed E-state index contributed by atoms with van der Waals surface area (Å²) in [4.78, 5) is 11.6. The molecule has 0 N–H and O–H groups in total. The van der Waals surface area contributed by atoms with Crippen LogP contribution in [0.4, 0.5) is 0 Å². The molecule has 3 atom stereocenters. The first-order valence-electron chi connectivity index (χ1n) is 6.33. The smallest absolute Gasteiger partial charge is 0.155 e. The van der Waals surface area contributed by atoms with Crippen LogP contribution < -0.4 is 0 Å². The molecule has 2 aliphatic carbocycles. The lowest BCUT2D eigenvalue weighted by Gasteiger charge is -2.47. The standard InChI is InChI=1S/C15H22O/c1-10(2)12-5-6-13-8-14(16)7-11(3)15(13,4)9-12/h8,11-12H,1,5-7,9H2,2-4H3/t11-,12+,15+/m0/s1. The van der Waals surface area contributed by atoms with Crippen LogP contribution in [0.5, 0.6) is 0 Å². The molecule has 0 radical (unpaired) electrons. The van der Waals surface area contributed by atoms with Gasteiger partial charge in [-0.2, -0.15) is 0 Å². The topological polar surface area (TPSA) is 17.1 Å². The van der Waals surface area contributed by atoms with E-state index in [-0.39, 0.29) is 5.41 Å². The van der Waals surface area contributed by atoms with Crippen LogP contribution in [0.1, 0.15) is 46.5 Å². The fraction of sp³-hybridized carbons (Fsp3) is 0.667. The zero-order valence-electron chi connectivity index (χ0n) is 10.7. The van der Waals surface area contributed by atoms with Gasteiger partial charge in [0, 0.05) is 6.42 Å². The number of allylic oxidation sites excluding steroid dienone is 3. The highest BCUT2D eigenvalue weighted by Crippen LogP contribution is 2.52. The molecule has 0 aromatic rings. The molecule has 0 aromatic carbocycles. The summed E-state index contributed by atoms with van der Waals surface area (Å²) in [6, 6.07) is 0. The van der Waals surface area contributed by atoms with E-state index in [9.17, 15) is 4.79 Å². The minimum Gasteiger partial charge on any atom is -0.295 e. The largest absolute Gasteiger partial charge is 0.295 e. The normalized spacial score (nSPS) is 38.9. The Morgan fingerprint density at radius 1 is 1.56 bits per heavy atom. The lowest BCUT2D eigenvalue weighted by Crippen LogP contribution is -2.38. The second-order valence-electron chi connectivity index (χ2n) is 5.94. The first-order valence-corrected chi connectivity index (χ1v) is 6.33. The fourth-order valence-corrected chi connectivity index (χ4v) is 3.32. The van der Waals surface area contributed by atoms with Gasteiger partial charge in [0.05, 0.1) is 0 Å². The van der Waals surface area contributed by atoms with Crippen LogP contribution in [0.25, 0.3) is 0 Å². The molecule has 0 heterocycles. The fourth-order valence-electron chi connectivity index (χ4n) is 3.32.